The molecule has 1 fully saturated rings. The third-order valence-electron chi connectivity index (χ3n) is 3.89. The van der Waals surface area contributed by atoms with Gasteiger partial charge in [0, 0.05) is 12.6 Å². The van der Waals surface area contributed by atoms with Crippen LogP contribution in [-0.4, -0.2) is 28.4 Å². The van der Waals surface area contributed by atoms with Crippen molar-refractivity contribution in [2.45, 2.75) is 63.5 Å². The van der Waals surface area contributed by atoms with Gasteiger partial charge in [0.05, 0.1) is 5.60 Å². The molecular formula is C13H22ClN3O2. The summed E-state index contributed by atoms with van der Waals surface area (Å²) in [5.74, 6) is 0.452. The second-order valence-electron chi connectivity index (χ2n) is 5.13. The Bertz CT molecular complexity index is 404. The van der Waals surface area contributed by atoms with Crippen LogP contribution in [0.4, 0.5) is 6.01 Å². The van der Waals surface area contributed by atoms with E-state index in [4.69, 9.17) is 20.8 Å². The van der Waals surface area contributed by atoms with Crippen molar-refractivity contribution in [1.82, 2.24) is 10.2 Å². The lowest BCUT2D eigenvalue weighted by Gasteiger charge is -2.39. The molecule has 1 aromatic rings. The molecule has 19 heavy (non-hydrogen) atoms. The first-order chi connectivity index (χ1) is 9.08. The molecule has 0 bridgehead atoms. The Hall–Kier alpha value is -0.810. The first kappa shape index (κ1) is 14.6. The van der Waals surface area contributed by atoms with Crippen molar-refractivity contribution in [2.75, 3.05) is 11.9 Å². The van der Waals surface area contributed by atoms with Gasteiger partial charge in [0.25, 0.3) is 0 Å². The zero-order chi connectivity index (χ0) is 13.9. The molecule has 2 unspecified atom stereocenters. The molecule has 2 heterocycles. The van der Waals surface area contributed by atoms with Gasteiger partial charge in [-0.1, -0.05) is 18.9 Å². The quantitative estimate of drug-likeness (QED) is 0.840. The average Bonchev–Trinajstić information content (AvgIpc) is 2.87. The van der Waals surface area contributed by atoms with Crippen molar-refractivity contribution in [3.05, 3.63) is 5.89 Å². The van der Waals surface area contributed by atoms with Crippen molar-refractivity contribution in [1.29, 1.82) is 0 Å². The van der Waals surface area contributed by atoms with Crippen LogP contribution in [0.5, 0.6) is 0 Å². The summed E-state index contributed by atoms with van der Waals surface area (Å²) in [4.78, 5) is 0. The van der Waals surface area contributed by atoms with Crippen molar-refractivity contribution >= 4 is 17.6 Å². The molecule has 1 aromatic heterocycles. The number of halogens is 1. The molecule has 5 nitrogen and oxygen atoms in total. The summed E-state index contributed by atoms with van der Waals surface area (Å²) < 4.78 is 11.4. The highest BCUT2D eigenvalue weighted by Gasteiger charge is 2.35. The lowest BCUT2D eigenvalue weighted by atomic mass is 9.86. The summed E-state index contributed by atoms with van der Waals surface area (Å²) in [6, 6.07) is 0.767. The predicted molar refractivity (Wildman–Crippen MR) is 74.5 cm³/mol. The number of nitrogens with zero attached hydrogens (tertiary/aromatic N) is 2. The van der Waals surface area contributed by atoms with Crippen molar-refractivity contribution < 1.29 is 9.15 Å². The third-order valence-corrected chi connectivity index (χ3v) is 4.08. The zero-order valence-corrected chi connectivity index (χ0v) is 12.5. The number of ether oxygens (including phenoxy) is 1. The smallest absolute Gasteiger partial charge is 0.315 e. The monoisotopic (exact) mass is 287 g/mol. The molecule has 0 aliphatic carbocycles. The van der Waals surface area contributed by atoms with Crippen LogP contribution in [0.25, 0.3) is 0 Å². The Kier molecular flexibility index (Phi) is 4.68. The highest BCUT2D eigenvalue weighted by molar-refractivity contribution is 6.20. The van der Waals surface area contributed by atoms with Gasteiger partial charge in [-0.05, 0) is 32.6 Å². The molecule has 2 rings (SSSR count). The van der Waals surface area contributed by atoms with Crippen molar-refractivity contribution in [3.8, 4) is 0 Å². The van der Waals surface area contributed by atoms with Gasteiger partial charge in [-0.2, -0.15) is 0 Å². The summed E-state index contributed by atoms with van der Waals surface area (Å²) >= 11 is 5.91. The molecule has 1 aliphatic rings. The normalized spacial score (nSPS) is 24.1. The van der Waals surface area contributed by atoms with Gasteiger partial charge in [-0.25, -0.2) is 0 Å². The van der Waals surface area contributed by atoms with Crippen LogP contribution in [0.15, 0.2) is 4.42 Å². The fourth-order valence-corrected chi connectivity index (χ4v) is 2.61. The summed E-state index contributed by atoms with van der Waals surface area (Å²) in [5.41, 5.74) is -0.0153. The number of aromatic nitrogens is 2. The molecular weight excluding hydrogens is 266 g/mol. The van der Waals surface area contributed by atoms with Gasteiger partial charge >= 0.3 is 6.01 Å². The fraction of sp³-hybridized carbons (Fsp3) is 0.846. The van der Waals surface area contributed by atoms with Crippen LogP contribution in [-0.2, 0) is 4.74 Å². The first-order valence-corrected chi connectivity index (χ1v) is 7.40. The van der Waals surface area contributed by atoms with Gasteiger partial charge in [0.1, 0.15) is 5.38 Å². The fourth-order valence-electron chi connectivity index (χ4n) is 2.52. The van der Waals surface area contributed by atoms with E-state index in [1.807, 2.05) is 6.92 Å². The van der Waals surface area contributed by atoms with Crippen LogP contribution in [0.1, 0.15) is 57.7 Å². The Morgan fingerprint density at radius 2 is 2.16 bits per heavy atom. The topological polar surface area (TPSA) is 60.2 Å². The molecule has 0 saturated carbocycles. The Morgan fingerprint density at radius 3 is 2.74 bits per heavy atom. The predicted octanol–water partition coefficient (Wildman–Crippen LogP) is 3.52. The maximum atomic E-state index is 5.95. The maximum absolute atomic E-state index is 5.95. The van der Waals surface area contributed by atoms with E-state index in [1.165, 1.54) is 0 Å². The van der Waals surface area contributed by atoms with Crippen LogP contribution >= 0.6 is 11.6 Å². The SMILES string of the molecule is CCC1(CC)CC(Nc2nnc(C(C)Cl)o2)CCO1. The summed E-state index contributed by atoms with van der Waals surface area (Å²) in [6.07, 6.45) is 3.97. The lowest BCUT2D eigenvalue weighted by molar-refractivity contribution is -0.0866. The van der Waals surface area contributed by atoms with E-state index in [2.05, 4.69) is 29.4 Å². The summed E-state index contributed by atoms with van der Waals surface area (Å²) in [5, 5.41) is 10.9. The number of alkyl halides is 1. The van der Waals surface area contributed by atoms with Gasteiger partial charge in [0.15, 0.2) is 0 Å². The lowest BCUT2D eigenvalue weighted by Crippen LogP contribution is -2.43. The zero-order valence-electron chi connectivity index (χ0n) is 11.8. The minimum atomic E-state index is -0.261. The third kappa shape index (κ3) is 3.39. The summed E-state index contributed by atoms with van der Waals surface area (Å²) in [7, 11) is 0. The van der Waals surface area contributed by atoms with E-state index < -0.39 is 0 Å². The molecule has 108 valence electrons. The Balaban J connectivity index is 1.98. The minimum absolute atomic E-state index is 0.0153. The molecule has 0 radical (unpaired) electrons. The molecule has 1 saturated heterocycles. The number of nitrogens with one attached hydrogen (secondary N) is 1. The van der Waals surface area contributed by atoms with E-state index in [0.717, 1.165) is 32.3 Å². The van der Waals surface area contributed by atoms with E-state index in [9.17, 15) is 0 Å². The summed E-state index contributed by atoms with van der Waals surface area (Å²) in [6.45, 7) is 6.93. The minimum Gasteiger partial charge on any atom is -0.406 e. The highest BCUT2D eigenvalue weighted by atomic mass is 35.5. The molecule has 0 amide bonds. The highest BCUT2D eigenvalue weighted by Crippen LogP contribution is 2.32. The molecule has 2 atom stereocenters. The van der Waals surface area contributed by atoms with Gasteiger partial charge in [-0.15, -0.1) is 16.7 Å². The van der Waals surface area contributed by atoms with E-state index in [0.29, 0.717) is 17.9 Å². The number of hydrogen-bond donors (Lipinski definition) is 1. The van der Waals surface area contributed by atoms with E-state index in [-0.39, 0.29) is 11.0 Å². The second kappa shape index (κ2) is 6.09. The van der Waals surface area contributed by atoms with Gasteiger partial charge in [-0.3, -0.25) is 0 Å². The second-order valence-corrected chi connectivity index (χ2v) is 5.79. The average molecular weight is 288 g/mol. The number of rotatable bonds is 5. The number of hydrogen-bond acceptors (Lipinski definition) is 5. The number of anilines is 1. The molecule has 6 heteroatoms. The van der Waals surface area contributed by atoms with E-state index >= 15 is 0 Å². The first-order valence-electron chi connectivity index (χ1n) is 6.96. The molecule has 1 N–H and O–H groups in total. The molecule has 1 aliphatic heterocycles. The molecule has 0 aromatic carbocycles. The standard InChI is InChI=1S/C13H22ClN3O2/c1-4-13(5-2)8-10(6-7-18-13)15-12-17-16-11(19-12)9(3)14/h9-10H,4-8H2,1-3H3,(H,15,17). The largest absolute Gasteiger partial charge is 0.406 e. The van der Waals surface area contributed by atoms with Crippen LogP contribution in [0, 0.1) is 0 Å². The van der Waals surface area contributed by atoms with Gasteiger partial charge in [0.2, 0.25) is 5.89 Å². The van der Waals surface area contributed by atoms with E-state index in [1.54, 1.807) is 0 Å². The van der Waals surface area contributed by atoms with Crippen LogP contribution in [0.3, 0.4) is 0 Å². The van der Waals surface area contributed by atoms with Crippen LogP contribution in [0.2, 0.25) is 0 Å². The van der Waals surface area contributed by atoms with Gasteiger partial charge < -0.3 is 14.5 Å². The van der Waals surface area contributed by atoms with Crippen molar-refractivity contribution in [3.63, 3.8) is 0 Å². The van der Waals surface area contributed by atoms with Crippen molar-refractivity contribution in [2.24, 2.45) is 0 Å². The molecule has 0 spiro atoms. The van der Waals surface area contributed by atoms with Crippen LogP contribution < -0.4 is 5.32 Å². The Morgan fingerprint density at radius 1 is 1.42 bits per heavy atom. The Labute approximate surface area is 119 Å². The maximum Gasteiger partial charge on any atom is 0.315 e.